The summed E-state index contributed by atoms with van der Waals surface area (Å²) < 4.78 is 16.8. The van der Waals surface area contributed by atoms with Crippen molar-refractivity contribution in [3.8, 4) is 22.8 Å². The van der Waals surface area contributed by atoms with Crippen LogP contribution >= 0.6 is 11.6 Å². The third-order valence-electron chi connectivity index (χ3n) is 3.90. The molecular formula is C20H15ClN2O4. The highest BCUT2D eigenvalue weighted by molar-refractivity contribution is 6.30. The van der Waals surface area contributed by atoms with Crippen LogP contribution in [0.25, 0.3) is 11.3 Å². The molecule has 3 aromatic rings. The number of furan rings is 1. The molecule has 1 amide bonds. The lowest BCUT2D eigenvalue weighted by Gasteiger charge is -2.24. The number of hydrogen-bond donors (Lipinski definition) is 1. The Kier molecular flexibility index (Phi) is 4.80. The summed E-state index contributed by atoms with van der Waals surface area (Å²) in [6.45, 7) is 0.123. The van der Waals surface area contributed by atoms with Crippen molar-refractivity contribution in [2.24, 2.45) is 5.10 Å². The van der Waals surface area contributed by atoms with Gasteiger partial charge in [-0.3, -0.25) is 4.79 Å². The van der Waals surface area contributed by atoms with Crippen LogP contribution in [0, 0.1) is 0 Å². The average molecular weight is 383 g/mol. The van der Waals surface area contributed by atoms with Crippen LogP contribution in [0.4, 0.5) is 0 Å². The molecule has 6 nitrogen and oxygen atoms in total. The molecule has 0 bridgehead atoms. The standard InChI is InChI=1S/C20H15ClN2O4/c21-14-5-3-4-13(10-14)16-9-8-15(26-16)11-22-23-20(24)19-12-25-17-6-1-2-7-18(17)27-19/h1-11,19H,12H2,(H,23,24)/b22-11-. The summed E-state index contributed by atoms with van der Waals surface area (Å²) in [4.78, 5) is 12.2. The van der Waals surface area contributed by atoms with Crippen LogP contribution in [0.2, 0.25) is 5.02 Å². The number of nitrogens with one attached hydrogen (secondary N) is 1. The highest BCUT2D eigenvalue weighted by Gasteiger charge is 2.26. The van der Waals surface area contributed by atoms with E-state index in [2.05, 4.69) is 10.5 Å². The van der Waals surface area contributed by atoms with Crippen molar-refractivity contribution in [3.05, 3.63) is 71.4 Å². The maximum absolute atomic E-state index is 12.2. The van der Waals surface area contributed by atoms with Crippen LogP contribution in [-0.2, 0) is 4.79 Å². The molecule has 1 aromatic heterocycles. The Labute approximate surface area is 160 Å². The van der Waals surface area contributed by atoms with Crippen LogP contribution in [0.3, 0.4) is 0 Å². The Balaban J connectivity index is 1.36. The van der Waals surface area contributed by atoms with E-state index in [4.69, 9.17) is 25.5 Å². The van der Waals surface area contributed by atoms with Gasteiger partial charge in [0, 0.05) is 10.6 Å². The Hall–Kier alpha value is -3.25. The number of benzene rings is 2. The summed E-state index contributed by atoms with van der Waals surface area (Å²) in [6, 6.07) is 18.1. The summed E-state index contributed by atoms with van der Waals surface area (Å²) in [5.74, 6) is 1.91. The molecule has 2 aromatic carbocycles. The summed E-state index contributed by atoms with van der Waals surface area (Å²) in [7, 11) is 0. The Morgan fingerprint density at radius 1 is 1.11 bits per heavy atom. The lowest BCUT2D eigenvalue weighted by Crippen LogP contribution is -2.42. The fourth-order valence-corrected chi connectivity index (χ4v) is 2.79. The van der Waals surface area contributed by atoms with E-state index in [-0.39, 0.29) is 6.61 Å². The number of hydrogen-bond acceptors (Lipinski definition) is 5. The van der Waals surface area contributed by atoms with Gasteiger partial charge in [0.2, 0.25) is 6.10 Å². The van der Waals surface area contributed by atoms with Crippen LogP contribution in [0.1, 0.15) is 5.76 Å². The number of carbonyl (C=O) groups is 1. The smallest absolute Gasteiger partial charge is 0.284 e. The second-order valence-electron chi connectivity index (χ2n) is 5.81. The van der Waals surface area contributed by atoms with Crippen molar-refractivity contribution in [2.45, 2.75) is 6.10 Å². The van der Waals surface area contributed by atoms with Gasteiger partial charge in [-0.05, 0) is 36.4 Å². The van der Waals surface area contributed by atoms with Gasteiger partial charge in [-0.2, -0.15) is 5.10 Å². The SMILES string of the molecule is O=C(N/N=C\c1ccc(-c2cccc(Cl)c2)o1)C1COc2ccccc2O1. The van der Waals surface area contributed by atoms with Gasteiger partial charge in [-0.15, -0.1) is 0 Å². The fraction of sp³-hybridized carbons (Fsp3) is 0.100. The molecule has 1 aliphatic rings. The molecule has 0 saturated carbocycles. The van der Waals surface area contributed by atoms with Crippen LogP contribution in [0.5, 0.6) is 11.5 Å². The summed E-state index contributed by atoms with van der Waals surface area (Å²) >= 11 is 5.99. The molecule has 0 fully saturated rings. The minimum atomic E-state index is -0.768. The number of nitrogens with zero attached hydrogens (tertiary/aromatic N) is 1. The number of carbonyl (C=O) groups excluding carboxylic acids is 1. The van der Waals surface area contributed by atoms with Gasteiger partial charge in [-0.1, -0.05) is 35.9 Å². The molecular weight excluding hydrogens is 368 g/mol. The van der Waals surface area contributed by atoms with E-state index in [1.807, 2.05) is 30.3 Å². The van der Waals surface area contributed by atoms with Gasteiger partial charge >= 0.3 is 0 Å². The maximum atomic E-state index is 12.2. The van der Waals surface area contributed by atoms with E-state index in [9.17, 15) is 4.79 Å². The van der Waals surface area contributed by atoms with Gasteiger partial charge in [-0.25, -0.2) is 5.43 Å². The third kappa shape index (κ3) is 3.96. The third-order valence-corrected chi connectivity index (χ3v) is 4.14. The average Bonchev–Trinajstić information content (AvgIpc) is 3.16. The second-order valence-corrected chi connectivity index (χ2v) is 6.25. The van der Waals surface area contributed by atoms with Gasteiger partial charge < -0.3 is 13.9 Å². The van der Waals surface area contributed by atoms with E-state index >= 15 is 0 Å². The van der Waals surface area contributed by atoms with Gasteiger partial charge in [0.05, 0.1) is 6.21 Å². The quantitative estimate of drug-likeness (QED) is 0.548. The van der Waals surface area contributed by atoms with E-state index in [1.54, 1.807) is 30.3 Å². The molecule has 27 heavy (non-hydrogen) atoms. The first kappa shape index (κ1) is 17.2. The summed E-state index contributed by atoms with van der Waals surface area (Å²) in [5.41, 5.74) is 3.29. The Morgan fingerprint density at radius 2 is 1.96 bits per heavy atom. The number of ether oxygens (including phenoxy) is 2. The van der Waals surface area contributed by atoms with Crippen molar-refractivity contribution in [1.29, 1.82) is 0 Å². The monoisotopic (exact) mass is 382 g/mol. The molecule has 136 valence electrons. The van der Waals surface area contributed by atoms with E-state index in [0.29, 0.717) is 28.0 Å². The predicted octanol–water partition coefficient (Wildman–Crippen LogP) is 3.89. The predicted molar refractivity (Wildman–Crippen MR) is 101 cm³/mol. The van der Waals surface area contributed by atoms with E-state index < -0.39 is 12.0 Å². The normalized spacial score (nSPS) is 15.7. The first-order valence-corrected chi connectivity index (χ1v) is 8.64. The highest BCUT2D eigenvalue weighted by Crippen LogP contribution is 2.30. The molecule has 1 aliphatic heterocycles. The van der Waals surface area contributed by atoms with Crippen molar-refractivity contribution in [2.75, 3.05) is 6.61 Å². The van der Waals surface area contributed by atoms with E-state index in [1.165, 1.54) is 6.21 Å². The number of para-hydroxylation sites is 2. The number of halogens is 1. The van der Waals surface area contributed by atoms with Crippen LogP contribution < -0.4 is 14.9 Å². The molecule has 0 radical (unpaired) electrons. The first-order chi connectivity index (χ1) is 13.2. The van der Waals surface area contributed by atoms with Crippen molar-refractivity contribution in [1.82, 2.24) is 5.43 Å². The van der Waals surface area contributed by atoms with Crippen molar-refractivity contribution < 1.29 is 18.7 Å². The number of amides is 1. The molecule has 1 unspecified atom stereocenters. The first-order valence-electron chi connectivity index (χ1n) is 8.26. The molecule has 0 saturated heterocycles. The van der Waals surface area contributed by atoms with Gasteiger partial charge in [0.15, 0.2) is 11.5 Å². The second kappa shape index (κ2) is 7.55. The molecule has 4 rings (SSSR count). The maximum Gasteiger partial charge on any atom is 0.284 e. The zero-order valence-corrected chi connectivity index (χ0v) is 14.8. The largest absolute Gasteiger partial charge is 0.485 e. The zero-order valence-electron chi connectivity index (χ0n) is 14.1. The van der Waals surface area contributed by atoms with Crippen molar-refractivity contribution in [3.63, 3.8) is 0 Å². The molecule has 2 heterocycles. The lowest BCUT2D eigenvalue weighted by atomic mass is 10.2. The number of rotatable bonds is 4. The summed E-state index contributed by atoms with van der Waals surface area (Å²) in [6.07, 6.45) is 0.652. The molecule has 0 spiro atoms. The lowest BCUT2D eigenvalue weighted by molar-refractivity contribution is -0.130. The van der Waals surface area contributed by atoms with Gasteiger partial charge in [0.25, 0.3) is 5.91 Å². The number of hydrazone groups is 1. The minimum Gasteiger partial charge on any atom is -0.485 e. The fourth-order valence-electron chi connectivity index (χ4n) is 2.60. The molecule has 1 N–H and O–H groups in total. The van der Waals surface area contributed by atoms with Crippen LogP contribution in [0.15, 0.2) is 70.2 Å². The zero-order chi connectivity index (χ0) is 18.6. The van der Waals surface area contributed by atoms with E-state index in [0.717, 1.165) is 5.56 Å². The Bertz CT molecular complexity index is 999. The highest BCUT2D eigenvalue weighted by atomic mass is 35.5. The Morgan fingerprint density at radius 3 is 2.81 bits per heavy atom. The topological polar surface area (TPSA) is 73.1 Å². The molecule has 7 heteroatoms. The van der Waals surface area contributed by atoms with Gasteiger partial charge in [0.1, 0.15) is 18.1 Å². The minimum absolute atomic E-state index is 0.123. The molecule has 0 aliphatic carbocycles. The van der Waals surface area contributed by atoms with Crippen LogP contribution in [-0.4, -0.2) is 24.8 Å². The summed E-state index contributed by atoms with van der Waals surface area (Å²) in [5, 5.41) is 4.54. The number of fused-ring (bicyclic) bond motifs is 1. The van der Waals surface area contributed by atoms with Crippen molar-refractivity contribution >= 4 is 23.7 Å². The molecule has 1 atom stereocenters.